The number of ether oxygens (including phenoxy) is 2. The van der Waals surface area contributed by atoms with Crippen LogP contribution in [0.15, 0.2) is 23.2 Å². The van der Waals surface area contributed by atoms with Crippen molar-refractivity contribution in [2.75, 3.05) is 54.0 Å². The molecule has 0 radical (unpaired) electrons. The van der Waals surface area contributed by atoms with Crippen molar-refractivity contribution in [1.29, 1.82) is 0 Å². The summed E-state index contributed by atoms with van der Waals surface area (Å²) in [7, 11) is 4.68. The van der Waals surface area contributed by atoms with Gasteiger partial charge in [0.25, 0.3) is 0 Å². The summed E-state index contributed by atoms with van der Waals surface area (Å²) in [6.07, 6.45) is -2.47. The van der Waals surface area contributed by atoms with Crippen LogP contribution in [0.3, 0.4) is 0 Å². The summed E-state index contributed by atoms with van der Waals surface area (Å²) in [6.45, 7) is 2.91. The first kappa shape index (κ1) is 27.6. The van der Waals surface area contributed by atoms with Crippen LogP contribution >= 0.6 is 24.0 Å². The van der Waals surface area contributed by atoms with Gasteiger partial charge in [-0.1, -0.05) is 6.07 Å². The van der Waals surface area contributed by atoms with Crippen LogP contribution in [-0.4, -0.2) is 71.0 Å². The number of likely N-dealkylation sites (N-methyl/N-ethyl adjacent to an activating group) is 1. The van der Waals surface area contributed by atoms with E-state index in [1.165, 1.54) is 11.9 Å². The molecule has 0 amide bonds. The highest BCUT2D eigenvalue weighted by Crippen LogP contribution is 2.28. The number of guanidine groups is 1. The Labute approximate surface area is 188 Å². The van der Waals surface area contributed by atoms with Gasteiger partial charge in [-0.3, -0.25) is 9.89 Å². The first-order valence-electron chi connectivity index (χ1n) is 9.28. The number of aliphatic imine (C=N–C) groups is 1. The van der Waals surface area contributed by atoms with E-state index in [0.29, 0.717) is 31.4 Å². The van der Waals surface area contributed by atoms with Crippen LogP contribution < -0.4 is 20.1 Å². The average Bonchev–Trinajstić information content (AvgIpc) is 2.62. The fraction of sp³-hybridized carbons (Fsp3) is 0.632. The Hall–Kier alpha value is -1.43. The predicted molar refractivity (Wildman–Crippen MR) is 121 cm³/mol. The third kappa shape index (κ3) is 12.0. The molecule has 0 aliphatic carbocycles. The monoisotopic (exact) mass is 532 g/mol. The summed E-state index contributed by atoms with van der Waals surface area (Å²) in [5.74, 6) is 2.02. The van der Waals surface area contributed by atoms with E-state index in [9.17, 15) is 13.2 Å². The number of halogens is 4. The molecule has 0 aliphatic rings. The molecule has 2 N–H and O–H groups in total. The van der Waals surface area contributed by atoms with Gasteiger partial charge in [0.2, 0.25) is 0 Å². The van der Waals surface area contributed by atoms with Crippen LogP contribution in [0.4, 0.5) is 13.2 Å². The zero-order valence-corrected chi connectivity index (χ0v) is 19.8. The first-order valence-corrected chi connectivity index (χ1v) is 9.28. The molecule has 0 aromatic heterocycles. The van der Waals surface area contributed by atoms with Crippen molar-refractivity contribution < 1.29 is 22.6 Å². The summed E-state index contributed by atoms with van der Waals surface area (Å²) in [5, 5.41) is 6.19. The Kier molecular flexibility index (Phi) is 13.8. The summed E-state index contributed by atoms with van der Waals surface area (Å²) < 4.78 is 47.8. The zero-order chi connectivity index (χ0) is 21.0. The Morgan fingerprint density at radius 1 is 1.17 bits per heavy atom. The smallest absolute Gasteiger partial charge is 0.401 e. The van der Waals surface area contributed by atoms with Crippen LogP contribution in [-0.2, 0) is 6.42 Å². The second-order valence-corrected chi connectivity index (χ2v) is 6.30. The number of aryl methyl sites for hydroxylation is 1. The second kappa shape index (κ2) is 14.5. The molecule has 1 aromatic rings. The number of alkyl halides is 3. The van der Waals surface area contributed by atoms with Crippen molar-refractivity contribution in [1.82, 2.24) is 15.5 Å². The number of rotatable bonds is 11. The standard InChI is InChI=1S/C19H31F3N4O2.HI/c1-5-28-17-13-15(8-9-16(17)27-4)7-6-10-24-18(23-2)25-11-12-26(3)14-19(20,21)22;/h8-9,13H,5-7,10-12,14H2,1-4H3,(H2,23,24,25);1H. The largest absolute Gasteiger partial charge is 0.493 e. The highest BCUT2D eigenvalue weighted by molar-refractivity contribution is 14.0. The molecular formula is C19H32F3IN4O2. The normalized spacial score (nSPS) is 11.8. The fourth-order valence-electron chi connectivity index (χ4n) is 2.62. The molecule has 0 unspecified atom stereocenters. The molecule has 0 fully saturated rings. The highest BCUT2D eigenvalue weighted by Gasteiger charge is 2.28. The maximum atomic E-state index is 12.3. The van der Waals surface area contributed by atoms with Crippen molar-refractivity contribution in [2.24, 2.45) is 4.99 Å². The Balaban J connectivity index is 0.00000784. The average molecular weight is 532 g/mol. The van der Waals surface area contributed by atoms with Gasteiger partial charge in [-0.05, 0) is 44.5 Å². The third-order valence-electron chi connectivity index (χ3n) is 3.92. The Morgan fingerprint density at radius 2 is 1.86 bits per heavy atom. The number of hydrogen-bond donors (Lipinski definition) is 2. The molecule has 1 aromatic carbocycles. The molecule has 0 saturated carbocycles. The quantitative estimate of drug-likeness (QED) is 0.198. The summed E-state index contributed by atoms with van der Waals surface area (Å²) >= 11 is 0. The van der Waals surface area contributed by atoms with Crippen molar-refractivity contribution in [3.05, 3.63) is 23.8 Å². The van der Waals surface area contributed by atoms with E-state index in [-0.39, 0.29) is 30.5 Å². The van der Waals surface area contributed by atoms with Gasteiger partial charge in [-0.15, -0.1) is 24.0 Å². The zero-order valence-electron chi connectivity index (χ0n) is 17.4. The molecule has 29 heavy (non-hydrogen) atoms. The minimum atomic E-state index is -4.18. The van der Waals surface area contributed by atoms with Crippen LogP contribution in [0.5, 0.6) is 11.5 Å². The van der Waals surface area contributed by atoms with Gasteiger partial charge >= 0.3 is 6.18 Å². The molecule has 0 saturated heterocycles. The van der Waals surface area contributed by atoms with Gasteiger partial charge in [0, 0.05) is 26.7 Å². The highest BCUT2D eigenvalue weighted by atomic mass is 127. The molecule has 0 atom stereocenters. The van der Waals surface area contributed by atoms with E-state index in [0.717, 1.165) is 24.2 Å². The van der Waals surface area contributed by atoms with Crippen LogP contribution in [0.1, 0.15) is 18.9 Å². The molecule has 0 aliphatic heterocycles. The van der Waals surface area contributed by atoms with Gasteiger partial charge in [0.1, 0.15) is 0 Å². The summed E-state index contributed by atoms with van der Waals surface area (Å²) in [6, 6.07) is 5.88. The number of benzene rings is 1. The van der Waals surface area contributed by atoms with Crippen molar-refractivity contribution in [3.63, 3.8) is 0 Å². The SMILES string of the molecule is CCOc1cc(CCCNC(=NC)NCCN(C)CC(F)(F)F)ccc1OC.I. The lowest BCUT2D eigenvalue weighted by atomic mass is 10.1. The lowest BCUT2D eigenvalue weighted by Gasteiger charge is -2.19. The van der Waals surface area contributed by atoms with E-state index in [2.05, 4.69) is 15.6 Å². The molecule has 10 heteroatoms. The topological polar surface area (TPSA) is 58.1 Å². The minimum absolute atomic E-state index is 0. The van der Waals surface area contributed by atoms with E-state index >= 15 is 0 Å². The number of nitrogens with zero attached hydrogens (tertiary/aromatic N) is 2. The molecule has 168 valence electrons. The summed E-state index contributed by atoms with van der Waals surface area (Å²) in [4.78, 5) is 5.30. The second-order valence-electron chi connectivity index (χ2n) is 6.30. The molecule has 0 spiro atoms. The molecular weight excluding hydrogens is 500 g/mol. The maximum absolute atomic E-state index is 12.3. The van der Waals surface area contributed by atoms with Gasteiger partial charge in [-0.2, -0.15) is 13.2 Å². The lowest BCUT2D eigenvalue weighted by molar-refractivity contribution is -0.142. The van der Waals surface area contributed by atoms with E-state index in [1.807, 2.05) is 25.1 Å². The molecule has 1 rings (SSSR count). The summed E-state index contributed by atoms with van der Waals surface area (Å²) in [5.41, 5.74) is 1.14. The van der Waals surface area contributed by atoms with Crippen LogP contribution in [0.25, 0.3) is 0 Å². The van der Waals surface area contributed by atoms with E-state index < -0.39 is 12.7 Å². The van der Waals surface area contributed by atoms with E-state index in [1.54, 1.807) is 14.2 Å². The van der Waals surface area contributed by atoms with Crippen molar-refractivity contribution >= 4 is 29.9 Å². The van der Waals surface area contributed by atoms with Gasteiger partial charge in [0.05, 0.1) is 20.3 Å². The molecule has 0 heterocycles. The Bertz CT molecular complexity index is 616. The molecule has 6 nitrogen and oxygen atoms in total. The maximum Gasteiger partial charge on any atom is 0.401 e. The number of methoxy groups -OCH3 is 1. The fourth-order valence-corrected chi connectivity index (χ4v) is 2.62. The predicted octanol–water partition coefficient (Wildman–Crippen LogP) is 3.30. The third-order valence-corrected chi connectivity index (χ3v) is 3.92. The Morgan fingerprint density at radius 3 is 2.45 bits per heavy atom. The van der Waals surface area contributed by atoms with E-state index in [4.69, 9.17) is 9.47 Å². The van der Waals surface area contributed by atoms with Crippen molar-refractivity contribution in [2.45, 2.75) is 25.9 Å². The first-order chi connectivity index (χ1) is 13.3. The van der Waals surface area contributed by atoms with Crippen LogP contribution in [0, 0.1) is 0 Å². The van der Waals surface area contributed by atoms with Gasteiger partial charge in [0.15, 0.2) is 17.5 Å². The number of hydrogen-bond acceptors (Lipinski definition) is 4. The van der Waals surface area contributed by atoms with Crippen molar-refractivity contribution in [3.8, 4) is 11.5 Å². The molecule has 0 bridgehead atoms. The lowest BCUT2D eigenvalue weighted by Crippen LogP contribution is -2.42. The van der Waals surface area contributed by atoms with Gasteiger partial charge in [-0.25, -0.2) is 0 Å². The van der Waals surface area contributed by atoms with Crippen LogP contribution in [0.2, 0.25) is 0 Å². The van der Waals surface area contributed by atoms with Gasteiger partial charge < -0.3 is 20.1 Å². The number of nitrogens with one attached hydrogen (secondary N) is 2. The minimum Gasteiger partial charge on any atom is -0.493 e.